The number of rotatable bonds is 2. The molecule has 0 unspecified atom stereocenters. The van der Waals surface area contributed by atoms with E-state index in [1.165, 1.54) is 18.9 Å². The fourth-order valence-electron chi connectivity index (χ4n) is 2.82. The first-order chi connectivity index (χ1) is 8.66. The Morgan fingerprint density at radius 3 is 2.78 bits per heavy atom. The van der Waals surface area contributed by atoms with Gasteiger partial charge in [-0.05, 0) is 25.0 Å². The van der Waals surface area contributed by atoms with Crippen LogP contribution in [-0.4, -0.2) is 21.3 Å². The van der Waals surface area contributed by atoms with Crippen molar-refractivity contribution >= 4 is 28.5 Å². The zero-order valence-corrected chi connectivity index (χ0v) is 10.5. The monoisotopic (exact) mass is 264 g/mol. The van der Waals surface area contributed by atoms with Gasteiger partial charge in [-0.1, -0.05) is 24.4 Å². The minimum Gasteiger partial charge on any atom is -0.478 e. The number of hydrogen-bond acceptors (Lipinski definition) is 2. The third-order valence-corrected chi connectivity index (χ3v) is 3.86. The van der Waals surface area contributed by atoms with Crippen LogP contribution >= 0.6 is 11.6 Å². The SMILES string of the molecule is O=C(O)c1cc(Cl)cc2n[nH]c(C3CCCC3)c12. The molecule has 1 fully saturated rings. The summed E-state index contributed by atoms with van der Waals surface area (Å²) in [6.07, 6.45) is 4.58. The second-order valence-electron chi connectivity index (χ2n) is 4.77. The summed E-state index contributed by atoms with van der Waals surface area (Å²) in [5, 5.41) is 17.6. The third-order valence-electron chi connectivity index (χ3n) is 3.64. The van der Waals surface area contributed by atoms with Crippen LogP contribution in [-0.2, 0) is 0 Å². The molecule has 94 valence electrons. The molecule has 1 aromatic heterocycles. The predicted octanol–water partition coefficient (Wildman–Crippen LogP) is 3.57. The van der Waals surface area contributed by atoms with Crippen LogP contribution < -0.4 is 0 Å². The van der Waals surface area contributed by atoms with Gasteiger partial charge in [0, 0.05) is 22.0 Å². The van der Waals surface area contributed by atoms with Crippen LogP contribution in [0.2, 0.25) is 5.02 Å². The number of halogens is 1. The molecular formula is C13H13ClN2O2. The minimum absolute atomic E-state index is 0.244. The number of H-pyrrole nitrogens is 1. The van der Waals surface area contributed by atoms with Crippen LogP contribution in [0, 0.1) is 0 Å². The summed E-state index contributed by atoms with van der Waals surface area (Å²) in [6.45, 7) is 0. The van der Waals surface area contributed by atoms with Crippen molar-refractivity contribution in [3.8, 4) is 0 Å². The third kappa shape index (κ3) is 1.77. The second-order valence-corrected chi connectivity index (χ2v) is 5.21. The van der Waals surface area contributed by atoms with Gasteiger partial charge < -0.3 is 5.11 Å². The van der Waals surface area contributed by atoms with Gasteiger partial charge in [0.15, 0.2) is 0 Å². The highest BCUT2D eigenvalue weighted by atomic mass is 35.5. The molecule has 2 aromatic rings. The van der Waals surface area contributed by atoms with Crippen LogP contribution in [0.4, 0.5) is 0 Å². The molecule has 0 radical (unpaired) electrons. The van der Waals surface area contributed by atoms with E-state index in [0.717, 1.165) is 23.9 Å². The molecule has 3 rings (SSSR count). The van der Waals surface area contributed by atoms with Gasteiger partial charge in [0.2, 0.25) is 0 Å². The molecule has 1 aliphatic rings. The summed E-state index contributed by atoms with van der Waals surface area (Å²) in [5.41, 5.74) is 1.84. The molecule has 1 saturated carbocycles. The van der Waals surface area contributed by atoms with E-state index >= 15 is 0 Å². The number of aromatic carboxylic acids is 1. The van der Waals surface area contributed by atoms with Gasteiger partial charge in [-0.2, -0.15) is 5.10 Å². The van der Waals surface area contributed by atoms with Gasteiger partial charge >= 0.3 is 5.97 Å². The van der Waals surface area contributed by atoms with E-state index in [1.54, 1.807) is 6.07 Å². The number of carboxylic acid groups (broad SMARTS) is 1. The molecule has 1 aromatic carbocycles. The zero-order valence-electron chi connectivity index (χ0n) is 9.74. The molecule has 1 aliphatic carbocycles. The average Bonchev–Trinajstić information content (AvgIpc) is 2.94. The van der Waals surface area contributed by atoms with E-state index in [0.29, 0.717) is 16.5 Å². The van der Waals surface area contributed by atoms with Crippen LogP contribution in [0.3, 0.4) is 0 Å². The van der Waals surface area contributed by atoms with Crippen molar-refractivity contribution in [1.82, 2.24) is 10.2 Å². The van der Waals surface area contributed by atoms with Gasteiger partial charge in [0.25, 0.3) is 0 Å². The molecule has 0 saturated heterocycles. The van der Waals surface area contributed by atoms with Gasteiger partial charge in [-0.3, -0.25) is 5.10 Å². The first-order valence-corrected chi connectivity index (χ1v) is 6.45. The Balaban J connectivity index is 2.24. The lowest BCUT2D eigenvalue weighted by molar-refractivity contribution is 0.0699. The molecule has 18 heavy (non-hydrogen) atoms. The first-order valence-electron chi connectivity index (χ1n) is 6.07. The highest BCUT2D eigenvalue weighted by molar-refractivity contribution is 6.32. The summed E-state index contributed by atoms with van der Waals surface area (Å²) in [4.78, 5) is 11.3. The number of aromatic nitrogens is 2. The van der Waals surface area contributed by atoms with Crippen molar-refractivity contribution in [2.75, 3.05) is 0 Å². The minimum atomic E-state index is -0.955. The maximum absolute atomic E-state index is 11.3. The number of aromatic amines is 1. The summed E-state index contributed by atoms with van der Waals surface area (Å²) >= 11 is 5.92. The molecule has 5 heteroatoms. The number of carboxylic acids is 1. The van der Waals surface area contributed by atoms with Gasteiger partial charge in [-0.15, -0.1) is 0 Å². The highest BCUT2D eigenvalue weighted by Crippen LogP contribution is 2.38. The smallest absolute Gasteiger partial charge is 0.336 e. The molecule has 1 heterocycles. The zero-order chi connectivity index (χ0) is 12.7. The highest BCUT2D eigenvalue weighted by Gasteiger charge is 2.24. The normalized spacial score (nSPS) is 16.5. The molecule has 4 nitrogen and oxygen atoms in total. The van der Waals surface area contributed by atoms with E-state index in [2.05, 4.69) is 10.2 Å². The Morgan fingerprint density at radius 1 is 1.39 bits per heavy atom. The Kier molecular flexibility index (Phi) is 2.74. The van der Waals surface area contributed by atoms with E-state index in [4.69, 9.17) is 11.6 Å². The standard InChI is InChI=1S/C13H13ClN2O2/c14-8-5-9(13(17)18)11-10(6-8)15-16-12(11)7-3-1-2-4-7/h5-7H,1-4H2,(H,15,16)(H,17,18). The summed E-state index contributed by atoms with van der Waals surface area (Å²) < 4.78 is 0. The van der Waals surface area contributed by atoms with Gasteiger partial charge in [-0.25, -0.2) is 4.79 Å². The lowest BCUT2D eigenvalue weighted by Gasteiger charge is -2.08. The molecule has 0 spiro atoms. The Labute approximate surface area is 109 Å². The van der Waals surface area contributed by atoms with Crippen molar-refractivity contribution < 1.29 is 9.90 Å². The van der Waals surface area contributed by atoms with Crippen molar-refractivity contribution in [1.29, 1.82) is 0 Å². The lowest BCUT2D eigenvalue weighted by atomic mass is 9.97. The van der Waals surface area contributed by atoms with Crippen molar-refractivity contribution in [3.05, 3.63) is 28.4 Å². The average molecular weight is 265 g/mol. The van der Waals surface area contributed by atoms with Crippen molar-refractivity contribution in [3.63, 3.8) is 0 Å². The number of carbonyl (C=O) groups is 1. The molecule has 2 N–H and O–H groups in total. The van der Waals surface area contributed by atoms with Gasteiger partial charge in [0.1, 0.15) is 0 Å². The second kappa shape index (κ2) is 4.28. The first kappa shape index (κ1) is 11.5. The topological polar surface area (TPSA) is 66.0 Å². The van der Waals surface area contributed by atoms with Crippen LogP contribution in [0.25, 0.3) is 10.9 Å². The fraction of sp³-hybridized carbons (Fsp3) is 0.385. The molecule has 0 atom stereocenters. The molecule has 0 aliphatic heterocycles. The number of hydrogen-bond donors (Lipinski definition) is 2. The maximum Gasteiger partial charge on any atom is 0.336 e. The lowest BCUT2D eigenvalue weighted by Crippen LogP contribution is -2.00. The van der Waals surface area contributed by atoms with Crippen LogP contribution in [0.5, 0.6) is 0 Å². The molecular weight excluding hydrogens is 252 g/mol. The van der Waals surface area contributed by atoms with E-state index in [-0.39, 0.29) is 5.56 Å². The molecule has 0 bridgehead atoms. The van der Waals surface area contributed by atoms with Crippen LogP contribution in [0.15, 0.2) is 12.1 Å². The maximum atomic E-state index is 11.3. The van der Waals surface area contributed by atoms with E-state index < -0.39 is 5.97 Å². The van der Waals surface area contributed by atoms with Gasteiger partial charge in [0.05, 0.1) is 11.1 Å². The van der Waals surface area contributed by atoms with Crippen LogP contribution in [0.1, 0.15) is 47.7 Å². The summed E-state index contributed by atoms with van der Waals surface area (Å²) in [7, 11) is 0. The van der Waals surface area contributed by atoms with Crippen molar-refractivity contribution in [2.45, 2.75) is 31.6 Å². The largest absolute Gasteiger partial charge is 0.478 e. The Bertz CT molecular complexity index is 615. The van der Waals surface area contributed by atoms with E-state index in [1.807, 2.05) is 0 Å². The summed E-state index contributed by atoms with van der Waals surface area (Å²) in [6, 6.07) is 3.21. The Morgan fingerprint density at radius 2 is 2.11 bits per heavy atom. The summed E-state index contributed by atoms with van der Waals surface area (Å²) in [5.74, 6) is -0.558. The fourth-order valence-corrected chi connectivity index (χ4v) is 3.03. The number of nitrogens with one attached hydrogen (secondary N) is 1. The van der Waals surface area contributed by atoms with Crippen molar-refractivity contribution in [2.24, 2.45) is 0 Å². The number of benzene rings is 1. The Hall–Kier alpha value is -1.55. The van der Waals surface area contributed by atoms with E-state index in [9.17, 15) is 9.90 Å². The molecule has 0 amide bonds. The number of nitrogens with zero attached hydrogens (tertiary/aromatic N) is 1. The number of fused-ring (bicyclic) bond motifs is 1. The predicted molar refractivity (Wildman–Crippen MR) is 69.3 cm³/mol. The quantitative estimate of drug-likeness (QED) is 0.871.